The maximum absolute atomic E-state index is 5.16. The second-order valence-electron chi connectivity index (χ2n) is 13.9. The lowest BCUT2D eigenvalue weighted by Gasteiger charge is -2.34. The summed E-state index contributed by atoms with van der Waals surface area (Å²) in [6, 6.07) is 73.7. The van der Waals surface area contributed by atoms with Crippen molar-refractivity contribution in [2.45, 2.75) is 0 Å². The van der Waals surface area contributed by atoms with Gasteiger partial charge in [-0.3, -0.25) is 4.40 Å². The smallest absolute Gasteiger partial charge is 0.179 e. The zero-order valence-electron chi connectivity index (χ0n) is 28.9. The zero-order chi connectivity index (χ0) is 34.9. The zero-order valence-corrected chi connectivity index (χ0v) is 29.9. The van der Waals surface area contributed by atoms with Gasteiger partial charge >= 0.3 is 0 Å². The lowest BCUT2D eigenvalue weighted by atomic mass is 10.0. The molecule has 0 saturated heterocycles. The fourth-order valence-electron chi connectivity index (χ4n) is 9.08. The molecule has 0 fully saturated rings. The highest BCUT2D eigenvalue weighted by molar-refractivity contribution is 7.19. The number of hydrogen-bond donors (Lipinski definition) is 0. The molecule has 0 N–H and O–H groups in total. The van der Waals surface area contributed by atoms with Crippen LogP contribution in [0.25, 0.3) is 65.8 Å². The van der Waals surface area contributed by atoms with E-state index in [1.54, 1.807) is 0 Å². The molecule has 53 heavy (non-hydrogen) atoms. The van der Waals surface area contributed by atoms with Gasteiger partial charge in [-0.15, -0.1) is 0 Å². The molecule has 11 rings (SSSR count). The summed E-state index contributed by atoms with van der Waals surface area (Å²) in [6.45, 7) is 0. The highest BCUT2D eigenvalue weighted by Gasteiger charge is 2.41. The summed E-state index contributed by atoms with van der Waals surface area (Å²) in [5.74, 6) is 0. The normalized spacial score (nSPS) is 12.2. The van der Waals surface area contributed by atoms with E-state index in [0.717, 1.165) is 27.8 Å². The minimum Gasteiger partial charge on any atom is -0.309 e. The van der Waals surface area contributed by atoms with Crippen molar-refractivity contribution in [2.75, 3.05) is 0 Å². The van der Waals surface area contributed by atoms with E-state index in [1.165, 1.54) is 58.8 Å². The molecule has 0 amide bonds. The van der Waals surface area contributed by atoms with Gasteiger partial charge in [-0.1, -0.05) is 158 Å². The number of para-hydroxylation sites is 3. The molecule has 0 unspecified atom stereocenters. The van der Waals surface area contributed by atoms with Crippen molar-refractivity contribution in [3.63, 3.8) is 0 Å². The topological polar surface area (TPSA) is 22.2 Å². The standard InChI is InChI=1S/C49H33N3Si/c1-4-18-35(19-5-1)53(36-20-6-2-7-21-36,37-22-8-3-9-23-37)38-24-16-17-34(33-38)51-43-29-14-12-27-41(43)48-45(51)31-32-46-47(48)39-25-10-11-26-40(39)49-50-42-28-13-15-30-44(42)52(46)49/h1-33H. The van der Waals surface area contributed by atoms with Crippen LogP contribution in [0.5, 0.6) is 0 Å². The second-order valence-corrected chi connectivity index (χ2v) is 17.7. The van der Waals surface area contributed by atoms with Crippen LogP contribution in [0, 0.1) is 0 Å². The third-order valence-electron chi connectivity index (χ3n) is 11.2. The monoisotopic (exact) mass is 691 g/mol. The Morgan fingerprint density at radius 1 is 0.358 bits per heavy atom. The molecule has 4 heteroatoms. The molecule has 0 aliphatic heterocycles. The fourth-order valence-corrected chi connectivity index (χ4v) is 13.9. The quantitative estimate of drug-likeness (QED) is 0.100. The largest absolute Gasteiger partial charge is 0.309 e. The van der Waals surface area contributed by atoms with E-state index in [4.69, 9.17) is 4.98 Å². The van der Waals surface area contributed by atoms with Gasteiger partial charge in [0.05, 0.1) is 27.6 Å². The molecule has 0 atom stereocenters. The predicted octanol–water partition coefficient (Wildman–Crippen LogP) is 9.27. The minimum atomic E-state index is -2.73. The van der Waals surface area contributed by atoms with E-state index in [1.807, 2.05) is 0 Å². The number of benzene rings is 8. The van der Waals surface area contributed by atoms with Crippen molar-refractivity contribution >= 4 is 89.0 Å². The SMILES string of the molecule is c1ccc([Si](c2ccccc2)(c2ccccc2)c2cccc(-n3c4ccccc4c4c5c6ccccc6c6nc7ccccc7n6c5ccc43)c2)cc1. The molecular weight excluding hydrogens is 659 g/mol. The van der Waals surface area contributed by atoms with Gasteiger partial charge in [0.1, 0.15) is 5.65 Å². The van der Waals surface area contributed by atoms with Crippen molar-refractivity contribution in [2.24, 2.45) is 0 Å². The van der Waals surface area contributed by atoms with E-state index in [2.05, 4.69) is 209 Å². The van der Waals surface area contributed by atoms with Gasteiger partial charge in [-0.2, -0.15) is 0 Å². The number of imidazole rings is 1. The Morgan fingerprint density at radius 2 is 0.868 bits per heavy atom. The fraction of sp³-hybridized carbons (Fsp3) is 0. The minimum absolute atomic E-state index is 0.995. The average Bonchev–Trinajstić information content (AvgIpc) is 3.79. The van der Waals surface area contributed by atoms with Gasteiger partial charge in [0, 0.05) is 27.2 Å². The van der Waals surface area contributed by atoms with E-state index in [0.29, 0.717) is 0 Å². The first-order valence-electron chi connectivity index (χ1n) is 18.2. The van der Waals surface area contributed by atoms with Crippen molar-refractivity contribution in [1.29, 1.82) is 0 Å². The lowest BCUT2D eigenvalue weighted by Crippen LogP contribution is -2.74. The van der Waals surface area contributed by atoms with Crippen molar-refractivity contribution in [3.05, 3.63) is 200 Å². The van der Waals surface area contributed by atoms with Gasteiger partial charge in [0.25, 0.3) is 0 Å². The highest BCUT2D eigenvalue weighted by Crippen LogP contribution is 2.41. The molecule has 3 heterocycles. The molecule has 3 nitrogen and oxygen atoms in total. The van der Waals surface area contributed by atoms with Crippen LogP contribution >= 0.6 is 0 Å². The maximum atomic E-state index is 5.16. The van der Waals surface area contributed by atoms with Crippen molar-refractivity contribution in [3.8, 4) is 5.69 Å². The summed E-state index contributed by atoms with van der Waals surface area (Å²) in [5, 5.41) is 11.6. The summed E-state index contributed by atoms with van der Waals surface area (Å²) in [6.07, 6.45) is 0. The van der Waals surface area contributed by atoms with Gasteiger partial charge in [-0.05, 0) is 68.6 Å². The number of hydrogen-bond acceptors (Lipinski definition) is 1. The number of nitrogens with zero attached hydrogens (tertiary/aromatic N) is 3. The maximum Gasteiger partial charge on any atom is 0.179 e. The van der Waals surface area contributed by atoms with Crippen LogP contribution in [0.2, 0.25) is 0 Å². The summed E-state index contributed by atoms with van der Waals surface area (Å²) >= 11 is 0. The Labute approximate surface area is 307 Å². The van der Waals surface area contributed by atoms with Gasteiger partial charge < -0.3 is 4.57 Å². The Morgan fingerprint density at radius 3 is 1.55 bits per heavy atom. The van der Waals surface area contributed by atoms with E-state index in [-0.39, 0.29) is 0 Å². The van der Waals surface area contributed by atoms with E-state index < -0.39 is 8.07 Å². The second kappa shape index (κ2) is 11.6. The predicted molar refractivity (Wildman–Crippen MR) is 226 cm³/mol. The summed E-state index contributed by atoms with van der Waals surface area (Å²) in [5.41, 5.74) is 7.83. The Hall–Kier alpha value is -6.75. The van der Waals surface area contributed by atoms with E-state index in [9.17, 15) is 0 Å². The van der Waals surface area contributed by atoms with Gasteiger partial charge in [0.2, 0.25) is 0 Å². The molecule has 0 spiro atoms. The third kappa shape index (κ3) is 4.24. The summed E-state index contributed by atoms with van der Waals surface area (Å²) in [4.78, 5) is 5.16. The molecule has 0 aliphatic rings. The molecule has 0 aliphatic carbocycles. The Bertz CT molecular complexity index is 3070. The average molecular weight is 692 g/mol. The molecule has 0 bridgehead atoms. The third-order valence-corrected chi connectivity index (χ3v) is 16.0. The first kappa shape index (κ1) is 29.9. The number of rotatable bonds is 5. The molecule has 11 aromatic rings. The highest BCUT2D eigenvalue weighted by atomic mass is 28.3. The van der Waals surface area contributed by atoms with Crippen molar-refractivity contribution < 1.29 is 0 Å². The van der Waals surface area contributed by atoms with Crippen LogP contribution in [0.1, 0.15) is 0 Å². The van der Waals surface area contributed by atoms with Gasteiger partial charge in [0.15, 0.2) is 8.07 Å². The Balaban J connectivity index is 1.26. The van der Waals surface area contributed by atoms with Crippen molar-refractivity contribution in [1.82, 2.24) is 14.0 Å². The molecule has 0 saturated carbocycles. The number of aromatic nitrogens is 3. The van der Waals surface area contributed by atoms with E-state index >= 15 is 0 Å². The van der Waals surface area contributed by atoms with Crippen LogP contribution in [0.4, 0.5) is 0 Å². The first-order valence-corrected chi connectivity index (χ1v) is 20.2. The van der Waals surface area contributed by atoms with Gasteiger partial charge in [-0.25, -0.2) is 4.98 Å². The van der Waals surface area contributed by atoms with Crippen LogP contribution in [-0.2, 0) is 0 Å². The molecule has 0 radical (unpaired) electrons. The van der Waals surface area contributed by atoms with Crippen LogP contribution in [0.15, 0.2) is 200 Å². The Kier molecular flexibility index (Phi) is 6.57. The molecule has 8 aromatic carbocycles. The van der Waals surface area contributed by atoms with Crippen LogP contribution < -0.4 is 20.7 Å². The molecular formula is C49H33N3Si. The lowest BCUT2D eigenvalue weighted by molar-refractivity contribution is 1.18. The summed E-state index contributed by atoms with van der Waals surface area (Å²) < 4.78 is 4.84. The number of fused-ring (bicyclic) bond motifs is 12. The molecule has 3 aromatic heterocycles. The molecule has 248 valence electrons. The van der Waals surface area contributed by atoms with Crippen LogP contribution in [-0.4, -0.2) is 22.0 Å². The number of pyridine rings is 1. The van der Waals surface area contributed by atoms with Crippen LogP contribution in [0.3, 0.4) is 0 Å². The summed E-state index contributed by atoms with van der Waals surface area (Å²) in [7, 11) is -2.73. The first-order chi connectivity index (χ1) is 26.3.